The van der Waals surface area contributed by atoms with E-state index in [4.69, 9.17) is 14.2 Å². The van der Waals surface area contributed by atoms with Gasteiger partial charge in [0.15, 0.2) is 6.29 Å². The number of halogens is 1. The third-order valence-corrected chi connectivity index (χ3v) is 4.10. The van der Waals surface area contributed by atoms with Gasteiger partial charge in [-0.05, 0) is 31.0 Å². The van der Waals surface area contributed by atoms with Crippen LogP contribution >= 0.6 is 15.9 Å². The van der Waals surface area contributed by atoms with Gasteiger partial charge in [-0.1, -0.05) is 60.2 Å². The highest BCUT2D eigenvalue weighted by molar-refractivity contribution is 9.09. The second-order valence-electron chi connectivity index (χ2n) is 5.46. The van der Waals surface area contributed by atoms with Crippen LogP contribution in [-0.4, -0.2) is 25.3 Å². The summed E-state index contributed by atoms with van der Waals surface area (Å²) in [5.74, 6) is 7.35. The molecule has 0 aliphatic rings. The Bertz CT molecular complexity index is 490. The average molecular weight is 397 g/mol. The van der Waals surface area contributed by atoms with Crippen LogP contribution in [0.1, 0.15) is 57.6 Å². The summed E-state index contributed by atoms with van der Waals surface area (Å²) in [6, 6.07) is 7.84. The molecule has 0 saturated heterocycles. The van der Waals surface area contributed by atoms with E-state index in [1.807, 2.05) is 31.2 Å². The molecule has 0 aromatic heterocycles. The molecule has 134 valence electrons. The van der Waals surface area contributed by atoms with Gasteiger partial charge in [-0.2, -0.15) is 0 Å². The zero-order valence-corrected chi connectivity index (χ0v) is 16.6. The number of rotatable bonds is 11. The summed E-state index contributed by atoms with van der Waals surface area (Å²) in [5, 5.41) is 0.617. The normalized spacial score (nSPS) is 13.0. The number of unbranched alkanes of at least 4 members (excludes halogenated alkanes) is 4. The summed E-state index contributed by atoms with van der Waals surface area (Å²) >= 11 is 3.43. The van der Waals surface area contributed by atoms with Crippen molar-refractivity contribution in [2.24, 2.45) is 0 Å². The smallest absolute Gasteiger partial charge is 0.169 e. The van der Waals surface area contributed by atoms with E-state index in [0.29, 0.717) is 11.9 Å². The Hall–Kier alpha value is -1.02. The second kappa shape index (κ2) is 13.3. The molecule has 0 saturated carbocycles. The van der Waals surface area contributed by atoms with Crippen molar-refractivity contribution in [3.63, 3.8) is 0 Å². The molecule has 1 rings (SSSR count). The van der Waals surface area contributed by atoms with E-state index < -0.39 is 0 Å². The molecular weight excluding hydrogens is 368 g/mol. The van der Waals surface area contributed by atoms with Gasteiger partial charge in [-0.25, -0.2) is 0 Å². The van der Waals surface area contributed by atoms with Crippen LogP contribution in [-0.2, 0) is 9.47 Å². The molecular formula is C20H29BrO3. The molecule has 0 heterocycles. The number of hydrogen-bond acceptors (Lipinski definition) is 3. The fraction of sp³-hybridized carbons (Fsp3) is 0.600. The first-order valence-corrected chi connectivity index (χ1v) is 9.82. The maximum Gasteiger partial charge on any atom is 0.169 e. The van der Waals surface area contributed by atoms with Crippen molar-refractivity contribution >= 4 is 15.9 Å². The van der Waals surface area contributed by atoms with Crippen molar-refractivity contribution in [1.82, 2.24) is 0 Å². The Morgan fingerprint density at radius 2 is 1.83 bits per heavy atom. The molecule has 3 nitrogen and oxygen atoms in total. The van der Waals surface area contributed by atoms with Gasteiger partial charge in [0.2, 0.25) is 0 Å². The van der Waals surface area contributed by atoms with Crippen molar-refractivity contribution < 1.29 is 14.2 Å². The number of alkyl halides is 1. The molecule has 0 aliphatic heterocycles. The lowest BCUT2D eigenvalue weighted by molar-refractivity contribution is -0.141. The second-order valence-corrected chi connectivity index (χ2v) is 6.11. The minimum absolute atomic E-state index is 0.295. The molecule has 0 bridgehead atoms. The first-order valence-electron chi connectivity index (χ1n) is 8.70. The Morgan fingerprint density at radius 3 is 2.42 bits per heavy atom. The average Bonchev–Trinajstić information content (AvgIpc) is 2.63. The lowest BCUT2D eigenvalue weighted by Gasteiger charge is -2.20. The molecule has 0 spiro atoms. The van der Waals surface area contributed by atoms with Gasteiger partial charge in [-0.3, -0.25) is 0 Å². The van der Waals surface area contributed by atoms with E-state index in [0.717, 1.165) is 24.2 Å². The fourth-order valence-electron chi connectivity index (χ4n) is 2.24. The van der Waals surface area contributed by atoms with Crippen LogP contribution in [0.25, 0.3) is 0 Å². The predicted octanol–water partition coefficient (Wildman–Crippen LogP) is 5.48. The molecule has 24 heavy (non-hydrogen) atoms. The number of benzene rings is 1. The summed E-state index contributed by atoms with van der Waals surface area (Å²) in [6.07, 6.45) is 5.20. The fourth-order valence-corrected chi connectivity index (χ4v) is 2.58. The number of hydrogen-bond donors (Lipinski definition) is 0. The van der Waals surface area contributed by atoms with E-state index in [1.54, 1.807) is 7.11 Å². The first-order chi connectivity index (χ1) is 11.7. The van der Waals surface area contributed by atoms with E-state index in [1.165, 1.54) is 19.3 Å². The molecule has 2 unspecified atom stereocenters. The zero-order valence-electron chi connectivity index (χ0n) is 15.0. The molecule has 0 amide bonds. The Morgan fingerprint density at radius 1 is 1.08 bits per heavy atom. The van der Waals surface area contributed by atoms with Gasteiger partial charge in [0.25, 0.3) is 0 Å². The Balaban J connectivity index is 2.75. The van der Waals surface area contributed by atoms with Gasteiger partial charge in [0.1, 0.15) is 11.9 Å². The molecule has 1 aromatic carbocycles. The van der Waals surface area contributed by atoms with Crippen LogP contribution < -0.4 is 4.74 Å². The SMILES string of the molecule is CCCCCCC#CC(OC(CBr)OCC)c1ccc(OC)cc1. The van der Waals surface area contributed by atoms with Gasteiger partial charge >= 0.3 is 0 Å². The van der Waals surface area contributed by atoms with Crippen LogP contribution in [0.2, 0.25) is 0 Å². The molecule has 2 atom stereocenters. The van der Waals surface area contributed by atoms with Gasteiger partial charge in [0, 0.05) is 13.0 Å². The molecule has 4 heteroatoms. The molecule has 1 aromatic rings. The Kier molecular flexibility index (Phi) is 11.6. The highest BCUT2D eigenvalue weighted by Gasteiger charge is 2.16. The van der Waals surface area contributed by atoms with Crippen molar-refractivity contribution in [2.45, 2.75) is 58.3 Å². The molecule has 0 aliphatic carbocycles. The van der Waals surface area contributed by atoms with E-state index >= 15 is 0 Å². The highest BCUT2D eigenvalue weighted by Crippen LogP contribution is 2.22. The minimum atomic E-state index is -0.309. The van der Waals surface area contributed by atoms with Gasteiger partial charge in [0.05, 0.1) is 12.4 Å². The highest BCUT2D eigenvalue weighted by atomic mass is 79.9. The molecule has 0 N–H and O–H groups in total. The maximum absolute atomic E-state index is 6.04. The number of ether oxygens (including phenoxy) is 3. The topological polar surface area (TPSA) is 27.7 Å². The van der Waals surface area contributed by atoms with Gasteiger partial charge < -0.3 is 14.2 Å². The largest absolute Gasteiger partial charge is 0.497 e. The molecule has 0 fully saturated rings. The maximum atomic E-state index is 6.04. The van der Waals surface area contributed by atoms with Crippen LogP contribution in [0.15, 0.2) is 24.3 Å². The Labute approximate surface area is 155 Å². The molecule has 0 radical (unpaired) electrons. The quantitative estimate of drug-likeness (QED) is 0.214. The lowest BCUT2D eigenvalue weighted by atomic mass is 10.1. The summed E-state index contributed by atoms with van der Waals surface area (Å²) in [4.78, 5) is 0. The zero-order chi connectivity index (χ0) is 17.6. The summed E-state index contributed by atoms with van der Waals surface area (Å²) in [6.45, 7) is 4.78. The van der Waals surface area contributed by atoms with Crippen molar-refractivity contribution in [1.29, 1.82) is 0 Å². The van der Waals surface area contributed by atoms with Crippen LogP contribution in [0.3, 0.4) is 0 Å². The predicted molar refractivity (Wildman–Crippen MR) is 103 cm³/mol. The summed E-state index contributed by atoms with van der Waals surface area (Å²) in [5.41, 5.74) is 1.02. The standard InChI is InChI=1S/C20H29BrO3/c1-4-6-7-8-9-10-11-19(24-20(16-21)23-5-2)17-12-14-18(22-3)15-13-17/h12-15,19-20H,4-9,16H2,1-3H3. The summed E-state index contributed by atoms with van der Waals surface area (Å²) < 4.78 is 16.8. The van der Waals surface area contributed by atoms with Crippen molar-refractivity contribution in [3.8, 4) is 17.6 Å². The van der Waals surface area contributed by atoms with E-state index in [-0.39, 0.29) is 12.4 Å². The monoisotopic (exact) mass is 396 g/mol. The van der Waals surface area contributed by atoms with E-state index in [2.05, 4.69) is 34.7 Å². The minimum Gasteiger partial charge on any atom is -0.497 e. The van der Waals surface area contributed by atoms with E-state index in [9.17, 15) is 0 Å². The first kappa shape index (κ1) is 21.0. The van der Waals surface area contributed by atoms with Crippen LogP contribution in [0.5, 0.6) is 5.75 Å². The van der Waals surface area contributed by atoms with Crippen LogP contribution in [0.4, 0.5) is 0 Å². The lowest BCUT2D eigenvalue weighted by Crippen LogP contribution is -2.21. The van der Waals surface area contributed by atoms with Gasteiger partial charge in [-0.15, -0.1) is 5.92 Å². The van der Waals surface area contributed by atoms with Crippen molar-refractivity contribution in [3.05, 3.63) is 29.8 Å². The third-order valence-electron chi connectivity index (χ3n) is 3.57. The number of methoxy groups -OCH3 is 1. The summed E-state index contributed by atoms with van der Waals surface area (Å²) in [7, 11) is 1.66. The third kappa shape index (κ3) is 8.19. The van der Waals surface area contributed by atoms with Crippen LogP contribution in [0, 0.1) is 11.8 Å². The van der Waals surface area contributed by atoms with Crippen molar-refractivity contribution in [2.75, 3.05) is 19.0 Å².